The first-order chi connectivity index (χ1) is 10.6. The molecule has 1 aromatic heterocycles. The van der Waals surface area contributed by atoms with Crippen LogP contribution in [0.2, 0.25) is 0 Å². The molecular formula is C16H13N3O3. The Hall–Kier alpha value is -3.15. The van der Waals surface area contributed by atoms with Gasteiger partial charge >= 0.3 is 0 Å². The lowest BCUT2D eigenvalue weighted by Gasteiger charge is -2.16. The minimum Gasteiger partial charge on any atom is -0.465 e. The number of nitrogens with two attached hydrogens (primary N) is 1. The predicted molar refractivity (Wildman–Crippen MR) is 80.6 cm³/mol. The van der Waals surface area contributed by atoms with E-state index in [1.165, 1.54) is 17.2 Å². The summed E-state index contributed by atoms with van der Waals surface area (Å²) >= 11 is 0. The monoisotopic (exact) mass is 295 g/mol. The van der Waals surface area contributed by atoms with E-state index in [1.807, 2.05) is 30.3 Å². The molecule has 1 aromatic carbocycles. The first-order valence-corrected chi connectivity index (χ1v) is 6.64. The standard InChI is InChI=1S/C16H13N3O3/c17-14(20)10-19-15(11-5-2-1-3-6-11)18-13(16(19)21)9-12-7-4-8-22-12/h1-9H,10H2,(H2,17,20). The van der Waals surface area contributed by atoms with Crippen LogP contribution in [0.4, 0.5) is 0 Å². The summed E-state index contributed by atoms with van der Waals surface area (Å²) in [7, 11) is 0. The second kappa shape index (κ2) is 5.69. The Balaban J connectivity index is 2.02. The first kappa shape index (κ1) is 13.8. The molecular weight excluding hydrogens is 282 g/mol. The minimum atomic E-state index is -0.601. The average molecular weight is 295 g/mol. The minimum absolute atomic E-state index is 0.204. The SMILES string of the molecule is NC(=O)CN1C(=O)C(=Cc2ccco2)N=C1c1ccccc1. The molecule has 2 amide bonds. The van der Waals surface area contributed by atoms with Gasteiger partial charge in [-0.25, -0.2) is 4.99 Å². The fourth-order valence-electron chi connectivity index (χ4n) is 2.17. The number of furan rings is 1. The number of hydrogen-bond donors (Lipinski definition) is 1. The molecule has 2 N–H and O–H groups in total. The van der Waals surface area contributed by atoms with E-state index in [2.05, 4.69) is 4.99 Å². The van der Waals surface area contributed by atoms with Crippen molar-refractivity contribution in [3.63, 3.8) is 0 Å². The van der Waals surface area contributed by atoms with Gasteiger partial charge in [-0.3, -0.25) is 14.5 Å². The highest BCUT2D eigenvalue weighted by molar-refractivity contribution is 6.20. The van der Waals surface area contributed by atoms with Gasteiger partial charge in [-0.05, 0) is 12.1 Å². The largest absolute Gasteiger partial charge is 0.465 e. The molecule has 6 nitrogen and oxygen atoms in total. The lowest BCUT2D eigenvalue weighted by Crippen LogP contribution is -2.39. The van der Waals surface area contributed by atoms with Crippen LogP contribution in [0.5, 0.6) is 0 Å². The van der Waals surface area contributed by atoms with Crippen LogP contribution in [-0.4, -0.2) is 29.1 Å². The lowest BCUT2D eigenvalue weighted by molar-refractivity contribution is -0.127. The van der Waals surface area contributed by atoms with Gasteiger partial charge in [0, 0.05) is 11.6 Å². The molecule has 0 spiro atoms. The van der Waals surface area contributed by atoms with Crippen molar-refractivity contribution in [3.05, 3.63) is 65.7 Å². The summed E-state index contributed by atoms with van der Waals surface area (Å²) in [5.74, 6) is -0.0621. The zero-order chi connectivity index (χ0) is 15.5. The molecule has 0 aliphatic carbocycles. The van der Waals surface area contributed by atoms with E-state index in [0.717, 1.165) is 5.56 Å². The van der Waals surface area contributed by atoms with Crippen LogP contribution in [-0.2, 0) is 9.59 Å². The topological polar surface area (TPSA) is 88.9 Å². The van der Waals surface area contributed by atoms with Crippen LogP contribution in [0.25, 0.3) is 6.08 Å². The molecule has 110 valence electrons. The van der Waals surface area contributed by atoms with Gasteiger partial charge < -0.3 is 10.2 Å². The van der Waals surface area contributed by atoms with Crippen molar-refractivity contribution < 1.29 is 14.0 Å². The van der Waals surface area contributed by atoms with Gasteiger partial charge in [-0.2, -0.15) is 0 Å². The van der Waals surface area contributed by atoms with E-state index in [4.69, 9.17) is 10.2 Å². The van der Waals surface area contributed by atoms with E-state index in [0.29, 0.717) is 11.6 Å². The molecule has 0 bridgehead atoms. The maximum absolute atomic E-state index is 12.4. The highest BCUT2D eigenvalue weighted by atomic mass is 16.3. The molecule has 0 fully saturated rings. The predicted octanol–water partition coefficient (Wildman–Crippen LogP) is 1.39. The van der Waals surface area contributed by atoms with Gasteiger partial charge in [0.15, 0.2) is 0 Å². The number of carbonyl (C=O) groups excluding carboxylic acids is 2. The molecule has 2 heterocycles. The van der Waals surface area contributed by atoms with Crippen LogP contribution in [0, 0.1) is 0 Å². The second-order valence-corrected chi connectivity index (χ2v) is 4.70. The van der Waals surface area contributed by atoms with Gasteiger partial charge in [0.25, 0.3) is 5.91 Å². The number of amides is 2. The summed E-state index contributed by atoms with van der Waals surface area (Å²) in [5.41, 5.74) is 6.17. The Bertz CT molecular complexity index is 761. The van der Waals surface area contributed by atoms with Crippen molar-refractivity contribution in [3.8, 4) is 0 Å². The summed E-state index contributed by atoms with van der Waals surface area (Å²) in [6.45, 7) is -0.220. The molecule has 1 aliphatic rings. The number of rotatable bonds is 4. The van der Waals surface area contributed by atoms with Gasteiger partial charge in [-0.1, -0.05) is 30.3 Å². The summed E-state index contributed by atoms with van der Waals surface area (Å²) in [4.78, 5) is 29.3. The number of primary amides is 1. The molecule has 3 rings (SSSR count). The van der Waals surface area contributed by atoms with Gasteiger partial charge in [-0.15, -0.1) is 0 Å². The Labute approximate surface area is 126 Å². The third-order valence-corrected chi connectivity index (χ3v) is 3.11. The summed E-state index contributed by atoms with van der Waals surface area (Å²) in [6.07, 6.45) is 3.04. The zero-order valence-corrected chi connectivity index (χ0v) is 11.6. The zero-order valence-electron chi connectivity index (χ0n) is 11.6. The molecule has 1 aliphatic heterocycles. The molecule has 0 saturated heterocycles. The van der Waals surface area contributed by atoms with Crippen molar-refractivity contribution in [1.29, 1.82) is 0 Å². The van der Waals surface area contributed by atoms with Crippen LogP contribution >= 0.6 is 0 Å². The smallest absolute Gasteiger partial charge is 0.278 e. The average Bonchev–Trinajstić information content (AvgIpc) is 3.11. The second-order valence-electron chi connectivity index (χ2n) is 4.70. The number of benzene rings is 1. The van der Waals surface area contributed by atoms with Gasteiger partial charge in [0.1, 0.15) is 23.8 Å². The van der Waals surface area contributed by atoms with E-state index >= 15 is 0 Å². The lowest BCUT2D eigenvalue weighted by atomic mass is 10.2. The van der Waals surface area contributed by atoms with Crippen molar-refractivity contribution in [1.82, 2.24) is 4.90 Å². The Kier molecular flexibility index (Phi) is 3.57. The quantitative estimate of drug-likeness (QED) is 0.864. The normalized spacial score (nSPS) is 16.2. The molecule has 0 radical (unpaired) electrons. The van der Waals surface area contributed by atoms with Crippen LogP contribution in [0.3, 0.4) is 0 Å². The summed E-state index contributed by atoms with van der Waals surface area (Å²) in [6, 6.07) is 12.6. The molecule has 22 heavy (non-hydrogen) atoms. The van der Waals surface area contributed by atoms with Crippen molar-refractivity contribution in [2.24, 2.45) is 10.7 Å². The van der Waals surface area contributed by atoms with Crippen molar-refractivity contribution in [2.45, 2.75) is 0 Å². The Morgan fingerprint density at radius 3 is 2.64 bits per heavy atom. The number of nitrogens with zero attached hydrogens (tertiary/aromatic N) is 2. The number of aliphatic imine (C=N–C) groups is 1. The van der Waals surface area contributed by atoms with E-state index in [-0.39, 0.29) is 18.1 Å². The number of hydrogen-bond acceptors (Lipinski definition) is 4. The Morgan fingerprint density at radius 1 is 1.23 bits per heavy atom. The summed E-state index contributed by atoms with van der Waals surface area (Å²) in [5, 5.41) is 0. The van der Waals surface area contributed by atoms with Gasteiger partial charge in [0.05, 0.1) is 6.26 Å². The maximum atomic E-state index is 12.4. The van der Waals surface area contributed by atoms with Crippen LogP contribution < -0.4 is 5.73 Å². The van der Waals surface area contributed by atoms with Crippen LogP contribution in [0.15, 0.2) is 63.8 Å². The number of amidine groups is 1. The first-order valence-electron chi connectivity index (χ1n) is 6.64. The fourth-order valence-corrected chi connectivity index (χ4v) is 2.17. The highest BCUT2D eigenvalue weighted by Crippen LogP contribution is 2.21. The number of carbonyl (C=O) groups is 2. The van der Waals surface area contributed by atoms with Crippen LogP contribution in [0.1, 0.15) is 11.3 Å². The Morgan fingerprint density at radius 2 is 2.00 bits per heavy atom. The molecule has 0 atom stereocenters. The maximum Gasteiger partial charge on any atom is 0.278 e. The molecule has 6 heteroatoms. The van der Waals surface area contributed by atoms with E-state index in [9.17, 15) is 9.59 Å². The van der Waals surface area contributed by atoms with Crippen molar-refractivity contribution in [2.75, 3.05) is 6.54 Å². The molecule has 0 unspecified atom stereocenters. The third-order valence-electron chi connectivity index (χ3n) is 3.11. The van der Waals surface area contributed by atoms with E-state index < -0.39 is 5.91 Å². The highest BCUT2D eigenvalue weighted by Gasteiger charge is 2.32. The third kappa shape index (κ3) is 2.67. The fraction of sp³-hybridized carbons (Fsp3) is 0.0625. The molecule has 0 saturated carbocycles. The molecule has 2 aromatic rings. The van der Waals surface area contributed by atoms with Crippen molar-refractivity contribution >= 4 is 23.7 Å². The van der Waals surface area contributed by atoms with Gasteiger partial charge in [0.2, 0.25) is 5.91 Å². The summed E-state index contributed by atoms with van der Waals surface area (Å²) < 4.78 is 5.19. The van der Waals surface area contributed by atoms with E-state index in [1.54, 1.807) is 12.1 Å².